The molecule has 0 radical (unpaired) electrons. The number of hydrogen-bond acceptors (Lipinski definition) is 6. The van der Waals surface area contributed by atoms with Gasteiger partial charge in [0.1, 0.15) is 10.5 Å². The number of likely N-dealkylation sites (tertiary alicyclic amines) is 1. The van der Waals surface area contributed by atoms with Gasteiger partial charge in [-0.15, -0.1) is 11.3 Å². The molecule has 0 amide bonds. The molecule has 2 aromatic heterocycles. The van der Waals surface area contributed by atoms with E-state index in [1.165, 1.54) is 0 Å². The zero-order valence-corrected chi connectivity index (χ0v) is 20.0. The molecule has 1 saturated heterocycles. The van der Waals surface area contributed by atoms with Crippen molar-refractivity contribution in [3.8, 4) is 0 Å². The number of fused-ring (bicyclic) bond motifs is 2. The molecule has 1 fully saturated rings. The summed E-state index contributed by atoms with van der Waals surface area (Å²) in [6.45, 7) is 7.59. The number of thiophene rings is 1. The van der Waals surface area contributed by atoms with E-state index in [9.17, 15) is 23.4 Å². The van der Waals surface area contributed by atoms with Crippen molar-refractivity contribution >= 4 is 11.3 Å². The minimum Gasteiger partial charge on any atom is -0.392 e. The van der Waals surface area contributed by atoms with E-state index in [2.05, 4.69) is 16.9 Å². The average Bonchev–Trinajstić information content (AvgIpc) is 3.35. The van der Waals surface area contributed by atoms with E-state index in [0.717, 1.165) is 16.9 Å². The van der Waals surface area contributed by atoms with Crippen LogP contribution < -0.4 is 0 Å². The van der Waals surface area contributed by atoms with Gasteiger partial charge < -0.3 is 14.9 Å². The summed E-state index contributed by atoms with van der Waals surface area (Å²) >= 11 is 0.752. The summed E-state index contributed by atoms with van der Waals surface area (Å²) in [7, 11) is 0. The topological polar surface area (TPSA) is 70.8 Å². The van der Waals surface area contributed by atoms with Gasteiger partial charge in [-0.25, -0.2) is 0 Å². The number of aromatic nitrogens is 2. The molecular weight excluding hydrogens is 455 g/mol. The van der Waals surface area contributed by atoms with Gasteiger partial charge >= 0.3 is 6.18 Å². The standard InChI is InChI=1S/C23H32F3N3O3S/c1-14(2)19(31)12-29-11-16(9-27-29)10-28-6-5-22(8-15(28)3)20-17(4-7-32-22)18(13-30)21(33-20)23(24,25)26/h9,11,14-15,19,30-31H,4-8,10,12-13H2,1-3H3/t15-,19?,22+/m0/s1. The highest BCUT2D eigenvalue weighted by molar-refractivity contribution is 7.12. The molecule has 33 heavy (non-hydrogen) atoms. The van der Waals surface area contributed by atoms with E-state index >= 15 is 0 Å². The lowest BCUT2D eigenvalue weighted by molar-refractivity contribution is -0.135. The van der Waals surface area contributed by atoms with Crippen LogP contribution in [-0.2, 0) is 42.6 Å². The normalized spacial score (nSPS) is 25.1. The molecular formula is C23H32F3N3O3S. The van der Waals surface area contributed by atoms with Gasteiger partial charge in [0, 0.05) is 41.3 Å². The van der Waals surface area contributed by atoms with Crippen LogP contribution >= 0.6 is 11.3 Å². The molecule has 0 saturated carbocycles. The Hall–Kier alpha value is -1.46. The second-order valence-electron chi connectivity index (χ2n) is 9.62. The van der Waals surface area contributed by atoms with Crippen molar-refractivity contribution in [2.45, 2.75) is 83.7 Å². The SMILES string of the molecule is CC(C)C(O)Cn1cc(CN2CC[C@]3(C[C@@H]2C)OCCc2c3sc(C(F)(F)F)c2CO)cn1. The van der Waals surface area contributed by atoms with Gasteiger partial charge in [0.25, 0.3) is 0 Å². The smallest absolute Gasteiger partial charge is 0.392 e. The maximum absolute atomic E-state index is 13.6. The number of piperidine rings is 1. The highest BCUT2D eigenvalue weighted by atomic mass is 32.1. The van der Waals surface area contributed by atoms with Gasteiger partial charge in [0.15, 0.2) is 0 Å². The molecule has 4 heterocycles. The molecule has 1 spiro atoms. The molecule has 4 rings (SSSR count). The van der Waals surface area contributed by atoms with Crippen LogP contribution in [0.2, 0.25) is 0 Å². The minimum absolute atomic E-state index is 0.0243. The minimum atomic E-state index is -4.48. The summed E-state index contributed by atoms with van der Waals surface area (Å²) in [6.07, 6.45) is 0.425. The fraction of sp³-hybridized carbons (Fsp3) is 0.696. The van der Waals surface area contributed by atoms with E-state index in [-0.39, 0.29) is 17.5 Å². The van der Waals surface area contributed by atoms with E-state index in [1.54, 1.807) is 4.68 Å². The van der Waals surface area contributed by atoms with Crippen LogP contribution in [0.1, 0.15) is 60.1 Å². The first-order chi connectivity index (χ1) is 15.5. The van der Waals surface area contributed by atoms with Crippen LogP contribution in [0.5, 0.6) is 0 Å². The summed E-state index contributed by atoms with van der Waals surface area (Å²) in [6, 6.07) is 0.100. The first-order valence-corrected chi connectivity index (χ1v) is 12.3. The molecule has 0 aliphatic carbocycles. The summed E-state index contributed by atoms with van der Waals surface area (Å²) in [5.41, 5.74) is 0.965. The van der Waals surface area contributed by atoms with Gasteiger partial charge in [-0.3, -0.25) is 9.58 Å². The molecule has 1 unspecified atom stereocenters. The van der Waals surface area contributed by atoms with Crippen molar-refractivity contribution < 1.29 is 28.1 Å². The zero-order valence-electron chi connectivity index (χ0n) is 19.2. The van der Waals surface area contributed by atoms with Crippen LogP contribution in [0.25, 0.3) is 0 Å². The second kappa shape index (κ2) is 9.30. The highest BCUT2D eigenvalue weighted by Crippen LogP contribution is 2.51. The number of aliphatic hydroxyl groups is 2. The van der Waals surface area contributed by atoms with Crippen LogP contribution in [0.15, 0.2) is 12.4 Å². The highest BCUT2D eigenvalue weighted by Gasteiger charge is 2.48. The largest absolute Gasteiger partial charge is 0.425 e. The zero-order chi connectivity index (χ0) is 24.0. The number of aliphatic hydroxyl groups excluding tert-OH is 2. The number of ether oxygens (including phenoxy) is 1. The van der Waals surface area contributed by atoms with Crippen LogP contribution in [0.4, 0.5) is 13.2 Å². The van der Waals surface area contributed by atoms with Crippen molar-refractivity contribution in [2.75, 3.05) is 13.2 Å². The summed E-state index contributed by atoms with van der Waals surface area (Å²) < 4.78 is 48.8. The average molecular weight is 488 g/mol. The fourth-order valence-corrected chi connectivity index (χ4v) is 6.40. The van der Waals surface area contributed by atoms with Gasteiger partial charge in [0.2, 0.25) is 0 Å². The van der Waals surface area contributed by atoms with Gasteiger partial charge in [-0.1, -0.05) is 13.8 Å². The molecule has 10 heteroatoms. The Morgan fingerprint density at radius 2 is 2.12 bits per heavy atom. The molecule has 184 valence electrons. The van der Waals surface area contributed by atoms with Crippen molar-refractivity contribution in [3.05, 3.63) is 38.8 Å². The van der Waals surface area contributed by atoms with E-state index in [1.807, 2.05) is 26.2 Å². The molecule has 2 N–H and O–H groups in total. The van der Waals surface area contributed by atoms with Crippen molar-refractivity contribution in [1.29, 1.82) is 0 Å². The Balaban J connectivity index is 1.49. The fourth-order valence-electron chi connectivity index (χ4n) is 4.99. The van der Waals surface area contributed by atoms with Gasteiger partial charge in [0.05, 0.1) is 32.1 Å². The van der Waals surface area contributed by atoms with Crippen molar-refractivity contribution in [3.63, 3.8) is 0 Å². The Kier molecular flexibility index (Phi) is 6.95. The Bertz CT molecular complexity index is 974. The number of rotatable bonds is 6. The molecule has 2 aliphatic heterocycles. The second-order valence-corrected chi connectivity index (χ2v) is 10.6. The lowest BCUT2D eigenvalue weighted by Crippen LogP contribution is -2.50. The number of halogens is 3. The van der Waals surface area contributed by atoms with Crippen molar-refractivity contribution in [1.82, 2.24) is 14.7 Å². The van der Waals surface area contributed by atoms with E-state index in [4.69, 9.17) is 4.74 Å². The number of nitrogens with zero attached hydrogens (tertiary/aromatic N) is 3. The van der Waals surface area contributed by atoms with E-state index < -0.39 is 29.4 Å². The number of hydrogen-bond donors (Lipinski definition) is 2. The van der Waals surface area contributed by atoms with Gasteiger partial charge in [-0.2, -0.15) is 18.3 Å². The molecule has 2 aliphatic rings. The van der Waals surface area contributed by atoms with Gasteiger partial charge in [-0.05, 0) is 37.7 Å². The quantitative estimate of drug-likeness (QED) is 0.646. The van der Waals surface area contributed by atoms with Crippen LogP contribution in [-0.4, -0.2) is 50.2 Å². The summed E-state index contributed by atoms with van der Waals surface area (Å²) in [4.78, 5) is 2.26. The third-order valence-corrected chi connectivity index (χ3v) is 8.45. The van der Waals surface area contributed by atoms with E-state index in [0.29, 0.717) is 55.9 Å². The molecule has 0 bridgehead atoms. The first kappa shape index (κ1) is 24.7. The Morgan fingerprint density at radius 3 is 2.76 bits per heavy atom. The lowest BCUT2D eigenvalue weighted by atomic mass is 9.81. The Labute approximate surface area is 196 Å². The summed E-state index contributed by atoms with van der Waals surface area (Å²) in [5.74, 6) is 0.151. The molecule has 3 atom stereocenters. The number of alkyl halides is 3. The molecule has 6 nitrogen and oxygen atoms in total. The monoisotopic (exact) mass is 487 g/mol. The molecule has 0 aromatic carbocycles. The maximum Gasteiger partial charge on any atom is 0.425 e. The Morgan fingerprint density at radius 1 is 1.36 bits per heavy atom. The third-order valence-electron chi connectivity index (χ3n) is 6.94. The summed E-state index contributed by atoms with van der Waals surface area (Å²) in [5, 5.41) is 24.1. The predicted octanol–water partition coefficient (Wildman–Crippen LogP) is 3.93. The van der Waals surface area contributed by atoms with Crippen LogP contribution in [0.3, 0.4) is 0 Å². The van der Waals surface area contributed by atoms with Crippen molar-refractivity contribution in [2.24, 2.45) is 5.92 Å². The predicted molar refractivity (Wildman–Crippen MR) is 119 cm³/mol. The third kappa shape index (κ3) is 4.86. The maximum atomic E-state index is 13.6. The lowest BCUT2D eigenvalue weighted by Gasteiger charge is -2.47. The van der Waals surface area contributed by atoms with Crippen LogP contribution in [0, 0.1) is 5.92 Å². The first-order valence-electron chi connectivity index (χ1n) is 11.4. The molecule has 2 aromatic rings.